The van der Waals surface area contributed by atoms with Crippen LogP contribution in [0.1, 0.15) is 24.6 Å². The molecule has 0 fully saturated rings. The zero-order chi connectivity index (χ0) is 13.9. The monoisotopic (exact) mass is 287 g/mol. The Morgan fingerprint density at radius 3 is 2.70 bits per heavy atom. The van der Waals surface area contributed by atoms with Crippen molar-refractivity contribution >= 4 is 16.7 Å². The van der Waals surface area contributed by atoms with Gasteiger partial charge in [0, 0.05) is 17.1 Å². The van der Waals surface area contributed by atoms with E-state index in [9.17, 15) is 0 Å². The standard InChI is InChI=1S/C13H13N5OS/c1-8(14-13-15-9(2)18-20-13)11-16-12(19-17-11)10-6-4-3-5-7-10/h3-8H,1-2H3,(H,14,15,18). The third-order valence-electron chi connectivity index (χ3n) is 2.72. The topological polar surface area (TPSA) is 76.7 Å². The van der Waals surface area contributed by atoms with Crippen molar-refractivity contribution in [3.05, 3.63) is 42.0 Å². The Morgan fingerprint density at radius 2 is 2.00 bits per heavy atom. The highest BCUT2D eigenvalue weighted by Crippen LogP contribution is 2.22. The molecule has 1 aromatic carbocycles. The Balaban J connectivity index is 1.76. The molecule has 3 rings (SSSR count). The Morgan fingerprint density at radius 1 is 1.20 bits per heavy atom. The molecule has 2 aromatic heterocycles. The van der Waals surface area contributed by atoms with Gasteiger partial charge in [0.1, 0.15) is 5.82 Å². The summed E-state index contributed by atoms with van der Waals surface area (Å²) in [7, 11) is 0. The lowest BCUT2D eigenvalue weighted by Gasteiger charge is -2.06. The van der Waals surface area contributed by atoms with Crippen LogP contribution in [0.3, 0.4) is 0 Å². The van der Waals surface area contributed by atoms with Crippen LogP contribution < -0.4 is 5.32 Å². The first-order valence-electron chi connectivity index (χ1n) is 6.18. The second-order valence-electron chi connectivity index (χ2n) is 4.34. The molecule has 0 amide bonds. The third-order valence-corrected chi connectivity index (χ3v) is 3.45. The van der Waals surface area contributed by atoms with Gasteiger partial charge in [-0.2, -0.15) is 9.36 Å². The second kappa shape index (κ2) is 5.38. The maximum absolute atomic E-state index is 5.28. The number of aromatic nitrogens is 4. The Hall–Kier alpha value is -2.28. The summed E-state index contributed by atoms with van der Waals surface area (Å²) in [4.78, 5) is 8.65. The summed E-state index contributed by atoms with van der Waals surface area (Å²) in [5, 5.41) is 7.96. The molecule has 0 saturated carbocycles. The number of nitrogens with one attached hydrogen (secondary N) is 1. The minimum Gasteiger partial charge on any atom is -0.350 e. The van der Waals surface area contributed by atoms with Crippen LogP contribution in [0.5, 0.6) is 0 Å². The number of benzene rings is 1. The van der Waals surface area contributed by atoms with Gasteiger partial charge in [-0.25, -0.2) is 4.98 Å². The van der Waals surface area contributed by atoms with E-state index in [4.69, 9.17) is 4.52 Å². The molecular weight excluding hydrogens is 274 g/mol. The average molecular weight is 287 g/mol. The number of anilines is 1. The summed E-state index contributed by atoms with van der Waals surface area (Å²) in [6, 6.07) is 9.59. The number of hydrogen-bond donors (Lipinski definition) is 1. The van der Waals surface area contributed by atoms with Crippen molar-refractivity contribution in [2.75, 3.05) is 5.32 Å². The predicted octanol–water partition coefficient (Wildman–Crippen LogP) is 3.07. The van der Waals surface area contributed by atoms with E-state index in [1.165, 1.54) is 11.5 Å². The zero-order valence-electron chi connectivity index (χ0n) is 11.1. The molecule has 6 nitrogen and oxygen atoms in total. The molecule has 20 heavy (non-hydrogen) atoms. The fraction of sp³-hybridized carbons (Fsp3) is 0.231. The van der Waals surface area contributed by atoms with E-state index in [1.54, 1.807) is 0 Å². The lowest BCUT2D eigenvalue weighted by Crippen LogP contribution is -2.08. The van der Waals surface area contributed by atoms with Gasteiger partial charge < -0.3 is 9.84 Å². The van der Waals surface area contributed by atoms with Crippen LogP contribution in [-0.2, 0) is 0 Å². The largest absolute Gasteiger partial charge is 0.350 e. The van der Waals surface area contributed by atoms with E-state index in [1.807, 2.05) is 44.2 Å². The van der Waals surface area contributed by atoms with Crippen LogP contribution in [-0.4, -0.2) is 19.5 Å². The van der Waals surface area contributed by atoms with Crippen molar-refractivity contribution in [3.8, 4) is 11.5 Å². The highest BCUT2D eigenvalue weighted by atomic mass is 32.1. The van der Waals surface area contributed by atoms with Crippen LogP contribution in [0.25, 0.3) is 11.5 Å². The molecule has 0 aliphatic heterocycles. The molecule has 1 unspecified atom stereocenters. The van der Waals surface area contributed by atoms with E-state index < -0.39 is 0 Å². The van der Waals surface area contributed by atoms with Gasteiger partial charge in [0.25, 0.3) is 5.89 Å². The van der Waals surface area contributed by atoms with E-state index in [-0.39, 0.29) is 6.04 Å². The van der Waals surface area contributed by atoms with E-state index in [0.717, 1.165) is 16.5 Å². The SMILES string of the molecule is Cc1nsc(NC(C)c2noc(-c3ccccc3)n2)n1. The quantitative estimate of drug-likeness (QED) is 0.794. The lowest BCUT2D eigenvalue weighted by molar-refractivity contribution is 0.420. The van der Waals surface area contributed by atoms with Crippen molar-refractivity contribution in [1.82, 2.24) is 19.5 Å². The van der Waals surface area contributed by atoms with Crippen molar-refractivity contribution < 1.29 is 4.52 Å². The van der Waals surface area contributed by atoms with E-state index in [2.05, 4.69) is 24.8 Å². The van der Waals surface area contributed by atoms with Gasteiger partial charge in [-0.1, -0.05) is 23.4 Å². The molecule has 0 bridgehead atoms. The molecule has 0 saturated heterocycles. The molecule has 3 aromatic rings. The number of nitrogens with zero attached hydrogens (tertiary/aromatic N) is 4. The summed E-state index contributed by atoms with van der Waals surface area (Å²) >= 11 is 1.32. The molecule has 7 heteroatoms. The fourth-order valence-electron chi connectivity index (χ4n) is 1.71. The average Bonchev–Trinajstić information content (AvgIpc) is 3.09. The van der Waals surface area contributed by atoms with Crippen molar-refractivity contribution in [2.45, 2.75) is 19.9 Å². The number of aryl methyl sites for hydroxylation is 1. The highest BCUT2D eigenvalue weighted by molar-refractivity contribution is 7.09. The molecule has 0 spiro atoms. The molecule has 2 heterocycles. The Kier molecular flexibility index (Phi) is 3.42. The summed E-state index contributed by atoms with van der Waals surface area (Å²) in [6.07, 6.45) is 0. The minimum atomic E-state index is -0.0939. The van der Waals surface area contributed by atoms with Gasteiger partial charge in [0.15, 0.2) is 5.82 Å². The van der Waals surface area contributed by atoms with Gasteiger partial charge in [-0.3, -0.25) is 0 Å². The maximum Gasteiger partial charge on any atom is 0.257 e. The van der Waals surface area contributed by atoms with Crippen LogP contribution in [0.4, 0.5) is 5.13 Å². The molecule has 0 aliphatic carbocycles. The first kappa shape index (κ1) is 12.7. The number of rotatable bonds is 4. The van der Waals surface area contributed by atoms with Crippen LogP contribution in [0, 0.1) is 6.92 Å². The van der Waals surface area contributed by atoms with Gasteiger partial charge in [-0.05, 0) is 26.0 Å². The summed E-state index contributed by atoms with van der Waals surface area (Å²) in [5.41, 5.74) is 0.908. The Bertz CT molecular complexity index is 694. The zero-order valence-corrected chi connectivity index (χ0v) is 11.9. The maximum atomic E-state index is 5.28. The summed E-state index contributed by atoms with van der Waals surface area (Å²) in [6.45, 7) is 3.81. The van der Waals surface area contributed by atoms with E-state index in [0.29, 0.717) is 11.7 Å². The van der Waals surface area contributed by atoms with Crippen LogP contribution in [0.2, 0.25) is 0 Å². The fourth-order valence-corrected chi connectivity index (χ4v) is 2.38. The summed E-state index contributed by atoms with van der Waals surface area (Å²) in [5.74, 6) is 1.86. The van der Waals surface area contributed by atoms with Gasteiger partial charge in [0.2, 0.25) is 5.13 Å². The van der Waals surface area contributed by atoms with Gasteiger partial charge in [-0.15, -0.1) is 0 Å². The first-order valence-corrected chi connectivity index (χ1v) is 6.95. The first-order chi connectivity index (χ1) is 9.72. The molecule has 1 atom stereocenters. The molecule has 1 N–H and O–H groups in total. The molecule has 0 radical (unpaired) electrons. The third kappa shape index (κ3) is 2.67. The smallest absolute Gasteiger partial charge is 0.257 e. The van der Waals surface area contributed by atoms with Crippen molar-refractivity contribution in [2.24, 2.45) is 0 Å². The lowest BCUT2D eigenvalue weighted by atomic mass is 10.2. The molecule has 102 valence electrons. The van der Waals surface area contributed by atoms with Crippen molar-refractivity contribution in [1.29, 1.82) is 0 Å². The second-order valence-corrected chi connectivity index (χ2v) is 5.09. The van der Waals surface area contributed by atoms with E-state index >= 15 is 0 Å². The molecule has 0 aliphatic rings. The van der Waals surface area contributed by atoms with Gasteiger partial charge >= 0.3 is 0 Å². The number of hydrogen-bond acceptors (Lipinski definition) is 7. The van der Waals surface area contributed by atoms with Crippen LogP contribution >= 0.6 is 11.5 Å². The van der Waals surface area contributed by atoms with Gasteiger partial charge in [0.05, 0.1) is 6.04 Å². The van der Waals surface area contributed by atoms with Crippen molar-refractivity contribution in [3.63, 3.8) is 0 Å². The van der Waals surface area contributed by atoms with Crippen LogP contribution in [0.15, 0.2) is 34.9 Å². The molecular formula is C13H13N5OS. The normalized spacial score (nSPS) is 12.3. The Labute approximate surface area is 120 Å². The predicted molar refractivity (Wildman–Crippen MR) is 76.4 cm³/mol. The highest BCUT2D eigenvalue weighted by Gasteiger charge is 2.15. The summed E-state index contributed by atoms with van der Waals surface area (Å²) < 4.78 is 9.40. The minimum absolute atomic E-state index is 0.0939.